The Morgan fingerprint density at radius 3 is 1.20 bits per heavy atom. The van der Waals surface area contributed by atoms with Gasteiger partial charge in [-0.25, -0.2) is 9.97 Å². The van der Waals surface area contributed by atoms with Crippen molar-refractivity contribution in [1.29, 1.82) is 0 Å². The molecule has 152 valence electrons. The summed E-state index contributed by atoms with van der Waals surface area (Å²) in [5, 5.41) is 0. The number of nitrogens with zero attached hydrogens (tertiary/aromatic N) is 2. The summed E-state index contributed by atoms with van der Waals surface area (Å²) in [7, 11) is 0. The van der Waals surface area contributed by atoms with Crippen LogP contribution in [0.2, 0.25) is 0 Å². The molecule has 0 saturated heterocycles. The Morgan fingerprint density at radius 1 is 0.567 bits per heavy atom. The molecule has 4 aromatic rings. The lowest BCUT2D eigenvalue weighted by Gasteiger charge is -2.25. The highest BCUT2D eigenvalue weighted by Crippen LogP contribution is 2.46. The number of benzene rings is 3. The third-order valence-electron chi connectivity index (χ3n) is 5.39. The van der Waals surface area contributed by atoms with E-state index in [-0.39, 0.29) is 11.8 Å². The summed E-state index contributed by atoms with van der Waals surface area (Å²) in [5.41, 5.74) is 6.70. The minimum atomic E-state index is -1.16. The van der Waals surface area contributed by atoms with Crippen LogP contribution in [0.1, 0.15) is 50.7 Å². The Hall–Kier alpha value is -3.14. The fourth-order valence-corrected chi connectivity index (χ4v) is 4.21. The monoisotopic (exact) mass is 402 g/mol. The Balaban J connectivity index is 2.32. The fraction of sp³-hybridized carbons (Fsp3) is 0.231. The van der Waals surface area contributed by atoms with Crippen molar-refractivity contribution in [1.82, 2.24) is 9.97 Å². The molecule has 0 radical (unpaired) electrons. The van der Waals surface area contributed by atoms with E-state index >= 15 is 0 Å². The predicted octanol–water partition coefficient (Wildman–Crippen LogP) is 7.49. The molecule has 0 aliphatic heterocycles. The minimum absolute atomic E-state index is 0.0329. The van der Waals surface area contributed by atoms with Crippen molar-refractivity contribution in [3.63, 3.8) is 0 Å². The zero-order valence-electron chi connectivity index (χ0n) is 17.6. The quantitative estimate of drug-likeness (QED) is 0.353. The van der Waals surface area contributed by atoms with Gasteiger partial charge >= 0.3 is 0 Å². The molecule has 0 bridgehead atoms. The molecule has 0 spiro atoms. The van der Waals surface area contributed by atoms with Gasteiger partial charge in [0.15, 0.2) is 0 Å². The maximum atomic E-state index is 14.2. The van der Waals surface area contributed by atoms with Gasteiger partial charge in [-0.3, -0.25) is 0 Å². The van der Waals surface area contributed by atoms with E-state index in [0.717, 1.165) is 33.4 Å². The van der Waals surface area contributed by atoms with Crippen LogP contribution in [0.4, 0.5) is 8.78 Å². The first-order valence-corrected chi connectivity index (χ1v) is 10.2. The molecule has 0 saturated carbocycles. The Bertz CT molecular complexity index is 1100. The molecule has 0 aliphatic rings. The summed E-state index contributed by atoms with van der Waals surface area (Å²) in [4.78, 5) is 8.11. The zero-order valence-corrected chi connectivity index (χ0v) is 17.6. The van der Waals surface area contributed by atoms with Gasteiger partial charge in [-0.1, -0.05) is 88.4 Å². The van der Waals surface area contributed by atoms with Crippen molar-refractivity contribution in [3.05, 3.63) is 83.7 Å². The summed E-state index contributed by atoms with van der Waals surface area (Å²) in [6.45, 7) is 8.20. The second kappa shape index (κ2) is 7.94. The third-order valence-corrected chi connectivity index (χ3v) is 5.39. The van der Waals surface area contributed by atoms with E-state index < -0.39 is 11.9 Å². The van der Waals surface area contributed by atoms with E-state index in [0.29, 0.717) is 11.0 Å². The number of aromatic nitrogens is 2. The van der Waals surface area contributed by atoms with Crippen LogP contribution in [0.15, 0.2) is 60.7 Å². The largest absolute Gasteiger partial charge is 0.269 e. The van der Waals surface area contributed by atoms with Crippen LogP contribution in [0.25, 0.3) is 33.3 Å². The number of fused-ring (bicyclic) bond motifs is 1. The summed E-state index contributed by atoms with van der Waals surface area (Å²) >= 11 is 0. The van der Waals surface area contributed by atoms with E-state index in [4.69, 9.17) is 0 Å². The molecule has 0 atom stereocenters. The Labute approximate surface area is 175 Å². The summed E-state index contributed by atoms with van der Waals surface area (Å²) in [5.74, 6) is -2.26. The molecule has 1 heterocycles. The van der Waals surface area contributed by atoms with Crippen LogP contribution in [0.3, 0.4) is 0 Å². The lowest BCUT2D eigenvalue weighted by atomic mass is 9.79. The van der Waals surface area contributed by atoms with Gasteiger partial charge in [-0.2, -0.15) is 8.78 Å². The van der Waals surface area contributed by atoms with Gasteiger partial charge in [0.1, 0.15) is 0 Å². The first kappa shape index (κ1) is 20.1. The predicted molar refractivity (Wildman–Crippen MR) is 119 cm³/mol. The number of rotatable bonds is 4. The van der Waals surface area contributed by atoms with E-state index in [1.165, 1.54) is 0 Å². The number of hydrogen-bond acceptors (Lipinski definition) is 2. The summed E-state index contributed by atoms with van der Waals surface area (Å²) in [6.07, 6.45) is 0. The molecule has 0 fully saturated rings. The molecule has 3 aromatic carbocycles. The third kappa shape index (κ3) is 3.36. The molecule has 0 N–H and O–H groups in total. The molecule has 0 aliphatic carbocycles. The van der Waals surface area contributed by atoms with Crippen LogP contribution in [0, 0.1) is 11.9 Å². The average molecular weight is 402 g/mol. The van der Waals surface area contributed by atoms with Gasteiger partial charge < -0.3 is 0 Å². The standard InChI is InChI=1S/C26H24F2N2/c1-15(2)19-21(17-11-7-5-8-12-17)22(18-13-9-6-10-14-18)20(16(3)4)24-23(19)29-25(27)26(28)30-24/h5-16H,1-4H3. The van der Waals surface area contributed by atoms with E-state index in [1.54, 1.807) is 0 Å². The van der Waals surface area contributed by atoms with Crippen LogP contribution in [-0.2, 0) is 0 Å². The van der Waals surface area contributed by atoms with Gasteiger partial charge in [-0.15, -0.1) is 0 Å². The maximum Gasteiger partial charge on any atom is 0.269 e. The topological polar surface area (TPSA) is 25.8 Å². The van der Waals surface area contributed by atoms with Crippen molar-refractivity contribution in [2.24, 2.45) is 0 Å². The van der Waals surface area contributed by atoms with Gasteiger partial charge in [-0.05, 0) is 45.2 Å². The highest BCUT2D eigenvalue weighted by Gasteiger charge is 2.27. The second-order valence-electron chi connectivity index (χ2n) is 8.12. The lowest BCUT2D eigenvalue weighted by molar-refractivity contribution is 0.458. The highest BCUT2D eigenvalue weighted by atomic mass is 19.2. The molecule has 2 nitrogen and oxygen atoms in total. The molecule has 1 aromatic heterocycles. The van der Waals surface area contributed by atoms with Crippen LogP contribution in [0.5, 0.6) is 0 Å². The molecular formula is C26H24F2N2. The average Bonchev–Trinajstić information content (AvgIpc) is 2.74. The van der Waals surface area contributed by atoms with Crippen molar-refractivity contribution in [2.75, 3.05) is 0 Å². The first-order valence-electron chi connectivity index (χ1n) is 10.2. The van der Waals surface area contributed by atoms with Gasteiger partial charge in [0.2, 0.25) is 0 Å². The van der Waals surface area contributed by atoms with E-state index in [9.17, 15) is 8.78 Å². The molecule has 30 heavy (non-hydrogen) atoms. The molecule has 0 unspecified atom stereocenters. The van der Waals surface area contributed by atoms with Crippen LogP contribution >= 0.6 is 0 Å². The summed E-state index contributed by atoms with van der Waals surface area (Å²) in [6, 6.07) is 20.1. The van der Waals surface area contributed by atoms with Crippen molar-refractivity contribution in [2.45, 2.75) is 39.5 Å². The summed E-state index contributed by atoms with van der Waals surface area (Å²) < 4.78 is 28.5. The van der Waals surface area contributed by atoms with E-state index in [2.05, 4.69) is 34.2 Å². The SMILES string of the molecule is CC(C)c1c(-c2ccccc2)c(-c2ccccc2)c(C(C)C)c2nc(F)c(F)nc12. The van der Waals surface area contributed by atoms with Crippen LogP contribution in [-0.4, -0.2) is 9.97 Å². The fourth-order valence-electron chi connectivity index (χ4n) is 4.21. The lowest BCUT2D eigenvalue weighted by Crippen LogP contribution is -2.09. The van der Waals surface area contributed by atoms with Crippen molar-refractivity contribution >= 4 is 11.0 Å². The minimum Gasteiger partial charge on any atom is -0.214 e. The number of hydrogen-bond donors (Lipinski definition) is 0. The van der Waals surface area contributed by atoms with Crippen molar-refractivity contribution in [3.8, 4) is 22.3 Å². The van der Waals surface area contributed by atoms with Crippen molar-refractivity contribution < 1.29 is 8.78 Å². The molecule has 4 rings (SSSR count). The molecule has 4 heteroatoms. The van der Waals surface area contributed by atoms with Crippen LogP contribution < -0.4 is 0 Å². The highest BCUT2D eigenvalue weighted by molar-refractivity contribution is 6.01. The Morgan fingerprint density at radius 2 is 0.900 bits per heavy atom. The smallest absolute Gasteiger partial charge is 0.214 e. The van der Waals surface area contributed by atoms with Gasteiger partial charge in [0.05, 0.1) is 11.0 Å². The molecule has 0 amide bonds. The normalized spacial score (nSPS) is 11.6. The zero-order chi connectivity index (χ0) is 21.4. The van der Waals surface area contributed by atoms with Gasteiger partial charge in [0, 0.05) is 0 Å². The number of halogens is 2. The van der Waals surface area contributed by atoms with Gasteiger partial charge in [0.25, 0.3) is 11.9 Å². The second-order valence-corrected chi connectivity index (χ2v) is 8.12. The first-order chi connectivity index (χ1) is 14.4. The maximum absolute atomic E-state index is 14.2. The molecular weight excluding hydrogens is 378 g/mol. The Kier molecular flexibility index (Phi) is 5.33. The van der Waals surface area contributed by atoms with E-state index in [1.807, 2.05) is 64.1 Å².